The topological polar surface area (TPSA) is 29.3 Å². The van der Waals surface area contributed by atoms with Crippen molar-refractivity contribution in [3.05, 3.63) is 65.5 Å². The Labute approximate surface area is 139 Å². The molecule has 23 heavy (non-hydrogen) atoms. The maximum Gasteiger partial charge on any atom is 0.123 e. The summed E-state index contributed by atoms with van der Waals surface area (Å²) in [5.74, 6) is -0.168. The fraction of sp³-hybridized carbons (Fsp3) is 0.400. The first-order chi connectivity index (χ1) is 11.1. The molecule has 3 heteroatoms. The Bertz CT molecular complexity index is 578. The minimum atomic E-state index is -0.168. The van der Waals surface area contributed by atoms with Crippen molar-refractivity contribution < 1.29 is 4.39 Å². The lowest BCUT2D eigenvalue weighted by molar-refractivity contribution is 0.208. The molecular weight excluding hydrogens is 287 g/mol. The first-order valence-corrected chi connectivity index (χ1v) is 8.44. The molecule has 1 unspecified atom stereocenters. The standard InChI is InChI=1S/C20H27FN2/c1-3-14-23(16(2)18-8-12-20(22)13-9-18)15-4-5-17-6-10-19(21)11-7-17/h6-13,16H,3-5,14-15,22H2,1-2H3. The van der Waals surface area contributed by atoms with Crippen molar-refractivity contribution in [2.24, 2.45) is 0 Å². The van der Waals surface area contributed by atoms with Gasteiger partial charge in [-0.2, -0.15) is 0 Å². The van der Waals surface area contributed by atoms with Gasteiger partial charge in [-0.25, -0.2) is 4.39 Å². The highest BCUT2D eigenvalue weighted by atomic mass is 19.1. The van der Waals surface area contributed by atoms with Crippen LogP contribution in [-0.4, -0.2) is 18.0 Å². The normalized spacial score (nSPS) is 12.5. The van der Waals surface area contributed by atoms with E-state index in [4.69, 9.17) is 5.73 Å². The predicted molar refractivity (Wildman–Crippen MR) is 95.9 cm³/mol. The summed E-state index contributed by atoms with van der Waals surface area (Å²) < 4.78 is 12.9. The number of nitrogen functional groups attached to an aromatic ring is 1. The molecule has 0 heterocycles. The van der Waals surface area contributed by atoms with Gasteiger partial charge in [-0.15, -0.1) is 0 Å². The van der Waals surface area contributed by atoms with E-state index >= 15 is 0 Å². The Morgan fingerprint density at radius 1 is 1.00 bits per heavy atom. The second-order valence-corrected chi connectivity index (χ2v) is 6.11. The second kappa shape index (κ2) is 8.68. The van der Waals surface area contributed by atoms with Gasteiger partial charge >= 0.3 is 0 Å². The van der Waals surface area contributed by atoms with Gasteiger partial charge in [0, 0.05) is 11.7 Å². The molecule has 0 bridgehead atoms. The van der Waals surface area contributed by atoms with Crippen molar-refractivity contribution in [1.82, 2.24) is 4.90 Å². The number of nitrogens with zero attached hydrogens (tertiary/aromatic N) is 1. The van der Waals surface area contributed by atoms with Crippen molar-refractivity contribution in [2.45, 2.75) is 39.2 Å². The van der Waals surface area contributed by atoms with E-state index in [1.807, 2.05) is 24.3 Å². The number of aryl methyl sites for hydroxylation is 1. The van der Waals surface area contributed by atoms with Crippen LogP contribution in [0, 0.1) is 5.82 Å². The molecule has 2 nitrogen and oxygen atoms in total. The largest absolute Gasteiger partial charge is 0.399 e. The van der Waals surface area contributed by atoms with Crippen molar-refractivity contribution in [3.8, 4) is 0 Å². The second-order valence-electron chi connectivity index (χ2n) is 6.11. The number of benzene rings is 2. The lowest BCUT2D eigenvalue weighted by atomic mass is 10.0. The van der Waals surface area contributed by atoms with Gasteiger partial charge in [0.2, 0.25) is 0 Å². The van der Waals surface area contributed by atoms with Gasteiger partial charge in [0.1, 0.15) is 5.82 Å². The Morgan fingerprint density at radius 2 is 1.65 bits per heavy atom. The van der Waals surface area contributed by atoms with Crippen molar-refractivity contribution in [1.29, 1.82) is 0 Å². The van der Waals surface area contributed by atoms with Gasteiger partial charge in [-0.3, -0.25) is 4.90 Å². The van der Waals surface area contributed by atoms with Crippen molar-refractivity contribution in [3.63, 3.8) is 0 Å². The maximum absolute atomic E-state index is 12.9. The number of hydrogen-bond donors (Lipinski definition) is 1. The summed E-state index contributed by atoms with van der Waals surface area (Å²) in [6.07, 6.45) is 3.19. The van der Waals surface area contributed by atoms with Gasteiger partial charge in [0.05, 0.1) is 0 Å². The Balaban J connectivity index is 1.92. The van der Waals surface area contributed by atoms with Crippen LogP contribution in [0.2, 0.25) is 0 Å². The van der Waals surface area contributed by atoms with E-state index in [0.717, 1.165) is 38.0 Å². The van der Waals surface area contributed by atoms with E-state index in [2.05, 4.69) is 30.9 Å². The summed E-state index contributed by atoms with van der Waals surface area (Å²) in [7, 11) is 0. The van der Waals surface area contributed by atoms with Crippen molar-refractivity contribution >= 4 is 5.69 Å². The first-order valence-electron chi connectivity index (χ1n) is 8.44. The number of anilines is 1. The van der Waals surface area contributed by atoms with Gasteiger partial charge < -0.3 is 5.73 Å². The van der Waals surface area contributed by atoms with Gasteiger partial charge in [-0.1, -0.05) is 31.2 Å². The Hall–Kier alpha value is -1.87. The first kappa shape index (κ1) is 17.5. The highest BCUT2D eigenvalue weighted by Crippen LogP contribution is 2.22. The molecule has 0 saturated heterocycles. The molecule has 0 amide bonds. The monoisotopic (exact) mass is 314 g/mol. The average Bonchev–Trinajstić information content (AvgIpc) is 2.56. The molecule has 2 N–H and O–H groups in total. The van der Waals surface area contributed by atoms with Crippen molar-refractivity contribution in [2.75, 3.05) is 18.8 Å². The molecule has 0 aromatic heterocycles. The van der Waals surface area contributed by atoms with Crippen LogP contribution in [0.4, 0.5) is 10.1 Å². The molecule has 0 aliphatic carbocycles. The summed E-state index contributed by atoms with van der Waals surface area (Å²) in [5, 5.41) is 0. The minimum absolute atomic E-state index is 0.168. The van der Waals surface area contributed by atoms with E-state index in [1.54, 1.807) is 0 Å². The fourth-order valence-corrected chi connectivity index (χ4v) is 2.91. The van der Waals surface area contributed by atoms with E-state index in [1.165, 1.54) is 23.3 Å². The minimum Gasteiger partial charge on any atom is -0.399 e. The third-order valence-electron chi connectivity index (χ3n) is 4.30. The molecule has 0 saturated carbocycles. The molecule has 2 aromatic rings. The van der Waals surface area contributed by atoms with Crippen LogP contribution in [0.15, 0.2) is 48.5 Å². The summed E-state index contributed by atoms with van der Waals surface area (Å²) in [5.41, 5.74) is 9.08. The van der Waals surface area contributed by atoms with Crippen LogP contribution in [-0.2, 0) is 6.42 Å². The van der Waals surface area contributed by atoms with E-state index in [-0.39, 0.29) is 5.82 Å². The molecule has 0 spiro atoms. The number of rotatable bonds is 8. The van der Waals surface area contributed by atoms with Crippen LogP contribution < -0.4 is 5.73 Å². The molecule has 0 aliphatic rings. The third kappa shape index (κ3) is 5.36. The van der Waals surface area contributed by atoms with Crippen LogP contribution in [0.25, 0.3) is 0 Å². The SMILES string of the molecule is CCCN(CCCc1ccc(F)cc1)C(C)c1ccc(N)cc1. The molecular formula is C20H27FN2. The van der Waals surface area contributed by atoms with Gasteiger partial charge in [0.25, 0.3) is 0 Å². The lowest BCUT2D eigenvalue weighted by Crippen LogP contribution is -2.29. The van der Waals surface area contributed by atoms with E-state index in [0.29, 0.717) is 6.04 Å². The summed E-state index contributed by atoms with van der Waals surface area (Å²) in [6.45, 7) is 6.58. The zero-order valence-electron chi connectivity index (χ0n) is 14.1. The molecule has 124 valence electrons. The average molecular weight is 314 g/mol. The molecule has 0 radical (unpaired) electrons. The number of halogens is 1. The van der Waals surface area contributed by atoms with Gasteiger partial charge in [-0.05, 0) is 74.7 Å². The summed E-state index contributed by atoms with van der Waals surface area (Å²) in [6, 6.07) is 15.4. The molecule has 2 aromatic carbocycles. The lowest BCUT2D eigenvalue weighted by Gasteiger charge is -2.29. The molecule has 0 aliphatic heterocycles. The smallest absolute Gasteiger partial charge is 0.123 e. The molecule has 0 fully saturated rings. The Morgan fingerprint density at radius 3 is 2.26 bits per heavy atom. The summed E-state index contributed by atoms with van der Waals surface area (Å²) in [4.78, 5) is 2.51. The van der Waals surface area contributed by atoms with Crippen LogP contribution in [0.1, 0.15) is 43.9 Å². The number of hydrogen-bond acceptors (Lipinski definition) is 2. The van der Waals surface area contributed by atoms with Crippen LogP contribution in [0.5, 0.6) is 0 Å². The third-order valence-corrected chi connectivity index (χ3v) is 4.30. The highest BCUT2D eigenvalue weighted by Gasteiger charge is 2.14. The Kier molecular flexibility index (Phi) is 6.60. The number of nitrogens with two attached hydrogens (primary N) is 1. The molecule has 2 rings (SSSR count). The fourth-order valence-electron chi connectivity index (χ4n) is 2.91. The predicted octanol–water partition coefficient (Wildman–Crippen LogP) is 4.81. The van der Waals surface area contributed by atoms with E-state index < -0.39 is 0 Å². The highest BCUT2D eigenvalue weighted by molar-refractivity contribution is 5.40. The molecule has 1 atom stereocenters. The van der Waals surface area contributed by atoms with E-state index in [9.17, 15) is 4.39 Å². The zero-order valence-corrected chi connectivity index (χ0v) is 14.1. The van der Waals surface area contributed by atoms with Crippen LogP contribution in [0.3, 0.4) is 0 Å². The maximum atomic E-state index is 12.9. The summed E-state index contributed by atoms with van der Waals surface area (Å²) >= 11 is 0. The quantitative estimate of drug-likeness (QED) is 0.708. The zero-order chi connectivity index (χ0) is 16.7. The van der Waals surface area contributed by atoms with Gasteiger partial charge in [0.15, 0.2) is 0 Å². The van der Waals surface area contributed by atoms with Crippen LogP contribution >= 0.6 is 0 Å².